The SMILES string of the molecule is CN(C)c1nn(-c2ncnc3nc[nH]c23)c(N)c1C#N. The summed E-state index contributed by atoms with van der Waals surface area (Å²) in [5.41, 5.74) is 7.42. The van der Waals surface area contributed by atoms with Crippen LogP contribution in [-0.4, -0.2) is 43.8 Å². The van der Waals surface area contributed by atoms with E-state index in [-0.39, 0.29) is 5.82 Å². The number of hydrogen-bond donors (Lipinski definition) is 2. The Morgan fingerprint density at radius 2 is 2.15 bits per heavy atom. The van der Waals surface area contributed by atoms with Gasteiger partial charge in [0.1, 0.15) is 29.3 Å². The van der Waals surface area contributed by atoms with Crippen LogP contribution in [0.25, 0.3) is 17.0 Å². The Bertz CT molecular complexity index is 820. The number of H-pyrrole nitrogens is 1. The van der Waals surface area contributed by atoms with E-state index in [0.29, 0.717) is 28.4 Å². The van der Waals surface area contributed by atoms with Gasteiger partial charge in [0.25, 0.3) is 0 Å². The number of nitriles is 1. The molecule has 0 atom stereocenters. The number of nitrogens with one attached hydrogen (secondary N) is 1. The molecule has 3 heterocycles. The van der Waals surface area contributed by atoms with E-state index in [9.17, 15) is 5.26 Å². The maximum absolute atomic E-state index is 9.22. The Balaban J connectivity index is 2.30. The Hall–Kier alpha value is -3.15. The fraction of sp³-hybridized carbons (Fsp3) is 0.182. The van der Waals surface area contributed by atoms with E-state index >= 15 is 0 Å². The second-order valence-corrected chi connectivity index (χ2v) is 4.30. The summed E-state index contributed by atoms with van der Waals surface area (Å²) in [4.78, 5) is 16.9. The lowest BCUT2D eigenvalue weighted by Crippen LogP contribution is -2.11. The quantitative estimate of drug-likeness (QED) is 0.673. The fourth-order valence-corrected chi connectivity index (χ4v) is 1.91. The Morgan fingerprint density at radius 3 is 2.80 bits per heavy atom. The third-order valence-corrected chi connectivity index (χ3v) is 2.84. The molecule has 3 N–H and O–H groups in total. The van der Waals surface area contributed by atoms with Crippen molar-refractivity contribution in [2.75, 3.05) is 24.7 Å². The van der Waals surface area contributed by atoms with Gasteiger partial charge in [-0.05, 0) is 0 Å². The molecule has 0 aromatic carbocycles. The minimum atomic E-state index is 0.228. The zero-order valence-corrected chi connectivity index (χ0v) is 10.9. The number of rotatable bonds is 2. The molecule has 0 amide bonds. The van der Waals surface area contributed by atoms with Crippen LogP contribution in [0.5, 0.6) is 0 Å². The first-order valence-electron chi connectivity index (χ1n) is 5.74. The summed E-state index contributed by atoms with van der Waals surface area (Å²) < 4.78 is 1.41. The first-order valence-corrected chi connectivity index (χ1v) is 5.74. The summed E-state index contributed by atoms with van der Waals surface area (Å²) in [6.07, 6.45) is 2.89. The molecular formula is C11H11N9. The van der Waals surface area contributed by atoms with Gasteiger partial charge in [-0.25, -0.2) is 15.0 Å². The van der Waals surface area contributed by atoms with E-state index in [4.69, 9.17) is 5.73 Å². The molecule has 3 aromatic rings. The van der Waals surface area contributed by atoms with Crippen molar-refractivity contribution in [3.63, 3.8) is 0 Å². The van der Waals surface area contributed by atoms with Gasteiger partial charge in [0.15, 0.2) is 17.3 Å². The van der Waals surface area contributed by atoms with E-state index in [0.717, 1.165) is 0 Å². The molecule has 0 saturated carbocycles. The highest BCUT2D eigenvalue weighted by Crippen LogP contribution is 2.26. The molecule has 0 aliphatic rings. The normalized spacial score (nSPS) is 10.7. The minimum absolute atomic E-state index is 0.228. The van der Waals surface area contributed by atoms with Gasteiger partial charge in [-0.3, -0.25) is 0 Å². The van der Waals surface area contributed by atoms with Crippen LogP contribution in [-0.2, 0) is 0 Å². The molecule has 9 heteroatoms. The number of imidazole rings is 1. The smallest absolute Gasteiger partial charge is 0.185 e. The first-order chi connectivity index (χ1) is 9.63. The average Bonchev–Trinajstić information content (AvgIpc) is 3.02. The third-order valence-electron chi connectivity index (χ3n) is 2.84. The monoisotopic (exact) mass is 269 g/mol. The van der Waals surface area contributed by atoms with Crippen LogP contribution in [0, 0.1) is 11.3 Å². The number of anilines is 2. The lowest BCUT2D eigenvalue weighted by molar-refractivity contribution is 0.847. The lowest BCUT2D eigenvalue weighted by Gasteiger charge is -2.07. The zero-order valence-electron chi connectivity index (χ0n) is 10.9. The maximum atomic E-state index is 9.22. The van der Waals surface area contributed by atoms with Crippen LogP contribution in [0.15, 0.2) is 12.7 Å². The van der Waals surface area contributed by atoms with Crippen molar-refractivity contribution >= 4 is 22.8 Å². The standard InChI is InChI=1S/C11H11N9/c1-19(2)10-6(3-12)8(13)20(18-10)11-7-9(15-4-14-7)16-5-17-11/h4-5H,13H2,1-2H3,(H,14,15,16,17). The van der Waals surface area contributed by atoms with Gasteiger partial charge >= 0.3 is 0 Å². The van der Waals surface area contributed by atoms with Gasteiger partial charge < -0.3 is 15.6 Å². The van der Waals surface area contributed by atoms with Crippen LogP contribution in [0.4, 0.5) is 11.6 Å². The molecule has 0 spiro atoms. The van der Waals surface area contributed by atoms with Crippen LogP contribution in [0.3, 0.4) is 0 Å². The maximum Gasteiger partial charge on any atom is 0.185 e. The minimum Gasteiger partial charge on any atom is -0.382 e. The predicted molar refractivity (Wildman–Crippen MR) is 72.3 cm³/mol. The van der Waals surface area contributed by atoms with Gasteiger partial charge in [-0.1, -0.05) is 0 Å². The zero-order chi connectivity index (χ0) is 14.3. The lowest BCUT2D eigenvalue weighted by atomic mass is 10.3. The third kappa shape index (κ3) is 1.55. The van der Waals surface area contributed by atoms with Gasteiger partial charge in [0, 0.05) is 14.1 Å². The van der Waals surface area contributed by atoms with E-state index in [2.05, 4.69) is 31.1 Å². The average molecular weight is 269 g/mol. The van der Waals surface area contributed by atoms with Crippen LogP contribution in [0.2, 0.25) is 0 Å². The van der Waals surface area contributed by atoms with Gasteiger partial charge in [-0.2, -0.15) is 9.94 Å². The molecule has 0 bridgehead atoms. The molecular weight excluding hydrogens is 258 g/mol. The van der Waals surface area contributed by atoms with Crippen LogP contribution in [0.1, 0.15) is 5.56 Å². The summed E-state index contributed by atoms with van der Waals surface area (Å²) in [6.45, 7) is 0. The number of aromatic amines is 1. The number of aromatic nitrogens is 6. The van der Waals surface area contributed by atoms with Crippen molar-refractivity contribution < 1.29 is 0 Å². The molecule has 0 aliphatic heterocycles. The highest BCUT2D eigenvalue weighted by atomic mass is 15.4. The predicted octanol–water partition coefficient (Wildman–Crippen LogP) is 0.0585. The molecule has 0 fully saturated rings. The number of nitrogens with two attached hydrogens (primary N) is 1. The van der Waals surface area contributed by atoms with Crippen molar-refractivity contribution in [1.29, 1.82) is 5.26 Å². The molecule has 0 radical (unpaired) electrons. The molecule has 20 heavy (non-hydrogen) atoms. The van der Waals surface area contributed by atoms with E-state index in [1.807, 2.05) is 0 Å². The molecule has 100 valence electrons. The van der Waals surface area contributed by atoms with Gasteiger partial charge in [0.2, 0.25) is 0 Å². The Morgan fingerprint density at radius 1 is 1.35 bits per heavy atom. The van der Waals surface area contributed by atoms with Crippen LogP contribution >= 0.6 is 0 Å². The summed E-state index contributed by atoms with van der Waals surface area (Å²) in [6, 6.07) is 2.06. The topological polar surface area (TPSA) is 125 Å². The number of fused-ring (bicyclic) bond motifs is 1. The van der Waals surface area contributed by atoms with Crippen molar-refractivity contribution in [3.05, 3.63) is 18.2 Å². The van der Waals surface area contributed by atoms with E-state index < -0.39 is 0 Å². The van der Waals surface area contributed by atoms with Gasteiger partial charge in [0.05, 0.1) is 6.33 Å². The number of hydrogen-bond acceptors (Lipinski definition) is 7. The van der Waals surface area contributed by atoms with Crippen molar-refractivity contribution in [3.8, 4) is 11.9 Å². The summed E-state index contributed by atoms with van der Waals surface area (Å²) in [5.74, 6) is 1.16. The van der Waals surface area contributed by atoms with Gasteiger partial charge in [-0.15, -0.1) is 5.10 Å². The Kier molecular flexibility index (Phi) is 2.50. The van der Waals surface area contributed by atoms with E-state index in [1.165, 1.54) is 17.3 Å². The fourth-order valence-electron chi connectivity index (χ4n) is 1.91. The molecule has 9 nitrogen and oxygen atoms in total. The second kappa shape index (κ2) is 4.20. The summed E-state index contributed by atoms with van der Waals surface area (Å²) in [5, 5.41) is 13.6. The molecule has 0 aliphatic carbocycles. The highest BCUT2D eigenvalue weighted by Gasteiger charge is 2.20. The molecule has 3 aromatic heterocycles. The highest BCUT2D eigenvalue weighted by molar-refractivity contribution is 5.79. The molecule has 0 unspecified atom stereocenters. The second-order valence-electron chi connectivity index (χ2n) is 4.30. The largest absolute Gasteiger partial charge is 0.382 e. The van der Waals surface area contributed by atoms with Crippen molar-refractivity contribution in [1.82, 2.24) is 29.7 Å². The Labute approximate surface area is 113 Å². The molecule has 3 rings (SSSR count). The van der Waals surface area contributed by atoms with E-state index in [1.54, 1.807) is 19.0 Å². The summed E-state index contributed by atoms with van der Waals surface area (Å²) >= 11 is 0. The number of nitrogen functional groups attached to an aromatic ring is 1. The van der Waals surface area contributed by atoms with Crippen LogP contribution < -0.4 is 10.6 Å². The number of nitrogens with zero attached hydrogens (tertiary/aromatic N) is 7. The summed E-state index contributed by atoms with van der Waals surface area (Å²) in [7, 11) is 3.58. The van der Waals surface area contributed by atoms with Crippen molar-refractivity contribution in [2.45, 2.75) is 0 Å². The first kappa shape index (κ1) is 11.9. The molecule has 0 saturated heterocycles. The van der Waals surface area contributed by atoms with Crippen molar-refractivity contribution in [2.24, 2.45) is 0 Å².